The molecule has 4 heteroatoms. The Kier molecular flexibility index (Phi) is 4.67. The van der Waals surface area contributed by atoms with Gasteiger partial charge in [0.25, 0.3) is 0 Å². The molecule has 0 radical (unpaired) electrons. The normalized spacial score (nSPS) is 24.0. The quantitative estimate of drug-likeness (QED) is 0.506. The summed E-state index contributed by atoms with van der Waals surface area (Å²) >= 11 is 0. The van der Waals surface area contributed by atoms with E-state index in [4.69, 9.17) is 9.47 Å². The molecule has 27 heavy (non-hydrogen) atoms. The lowest BCUT2D eigenvalue weighted by molar-refractivity contribution is 0.0129. The molecule has 2 fully saturated rings. The number of halogens is 1. The van der Waals surface area contributed by atoms with E-state index in [-0.39, 0.29) is 11.3 Å². The van der Waals surface area contributed by atoms with E-state index in [0.717, 1.165) is 12.3 Å². The van der Waals surface area contributed by atoms with Crippen molar-refractivity contribution in [3.05, 3.63) is 59.9 Å². The summed E-state index contributed by atoms with van der Waals surface area (Å²) in [6.45, 7) is 4.07. The van der Waals surface area contributed by atoms with Gasteiger partial charge in [0.15, 0.2) is 11.6 Å². The van der Waals surface area contributed by atoms with Crippen molar-refractivity contribution in [1.29, 1.82) is 0 Å². The molecule has 4 rings (SSSR count). The predicted octanol–water partition coefficient (Wildman–Crippen LogP) is 5.64. The van der Waals surface area contributed by atoms with Crippen LogP contribution in [0.2, 0.25) is 0 Å². The van der Waals surface area contributed by atoms with Crippen LogP contribution in [-0.4, -0.2) is 11.6 Å². The highest BCUT2D eigenvalue weighted by atomic mass is 19.1. The van der Waals surface area contributed by atoms with Crippen molar-refractivity contribution in [3.8, 4) is 11.5 Å². The molecule has 142 valence electrons. The van der Waals surface area contributed by atoms with Crippen LogP contribution in [0.3, 0.4) is 0 Å². The van der Waals surface area contributed by atoms with Crippen molar-refractivity contribution < 1.29 is 18.7 Å². The minimum Gasteiger partial charge on any atom is -0.484 e. The average molecular weight is 368 g/mol. The molecule has 0 saturated heterocycles. The van der Waals surface area contributed by atoms with E-state index in [1.54, 1.807) is 24.3 Å². The van der Waals surface area contributed by atoms with Crippen molar-refractivity contribution in [2.24, 2.45) is 17.8 Å². The van der Waals surface area contributed by atoms with Crippen LogP contribution in [0.4, 0.5) is 4.39 Å². The average Bonchev–Trinajstić information content (AvgIpc) is 3.28. The van der Waals surface area contributed by atoms with Crippen LogP contribution in [0.1, 0.15) is 49.9 Å². The summed E-state index contributed by atoms with van der Waals surface area (Å²) in [6.07, 6.45) is 4.97. The molecular formula is C23H25FO3. The maximum Gasteiger partial charge on any atom is 0.343 e. The van der Waals surface area contributed by atoms with E-state index >= 15 is 0 Å². The number of carbonyl (C=O) groups excluding carboxylic acids is 1. The highest BCUT2D eigenvalue weighted by Crippen LogP contribution is 2.53. The third kappa shape index (κ3) is 3.71. The molecule has 0 spiro atoms. The largest absolute Gasteiger partial charge is 0.484 e. The Hall–Kier alpha value is -2.36. The van der Waals surface area contributed by atoms with Gasteiger partial charge >= 0.3 is 5.97 Å². The highest BCUT2D eigenvalue weighted by molar-refractivity contribution is 5.91. The predicted molar refractivity (Wildman–Crippen MR) is 101 cm³/mol. The maximum absolute atomic E-state index is 14.4. The molecule has 3 atom stereocenters. The zero-order chi connectivity index (χ0) is 19.0. The minimum atomic E-state index is -0.524. The third-order valence-electron chi connectivity index (χ3n) is 6.12. The van der Waals surface area contributed by atoms with E-state index in [9.17, 15) is 9.18 Å². The first-order valence-electron chi connectivity index (χ1n) is 9.68. The second-order valence-electron chi connectivity index (χ2n) is 8.33. The first-order valence-corrected chi connectivity index (χ1v) is 9.68. The minimum absolute atomic E-state index is 0.116. The number of fused-ring (bicyclic) bond motifs is 2. The standard InChI is InChI=1S/C23H25FO3/c1-23(2,19-13-15-8-9-16(19)12-15)27-21-14-17(10-11-20(21)24)22(25)26-18-6-4-3-5-7-18/h3-7,10-11,14-16,19H,8-9,12-13H2,1-2H3. The second-order valence-corrected chi connectivity index (χ2v) is 8.33. The summed E-state index contributed by atoms with van der Waals surface area (Å²) in [5.74, 6) is 1.47. The molecule has 2 aromatic rings. The van der Waals surface area contributed by atoms with Gasteiger partial charge in [0.1, 0.15) is 11.4 Å². The Morgan fingerprint density at radius 1 is 1.07 bits per heavy atom. The number of ether oxygens (including phenoxy) is 2. The molecule has 0 aromatic heterocycles. The van der Waals surface area contributed by atoms with Crippen LogP contribution in [-0.2, 0) is 0 Å². The number of carbonyl (C=O) groups is 1. The van der Waals surface area contributed by atoms with E-state index in [1.165, 1.54) is 37.5 Å². The van der Waals surface area contributed by atoms with E-state index in [1.807, 2.05) is 19.9 Å². The summed E-state index contributed by atoms with van der Waals surface area (Å²) in [6, 6.07) is 13.0. The summed E-state index contributed by atoms with van der Waals surface area (Å²) < 4.78 is 25.9. The van der Waals surface area contributed by atoms with Gasteiger partial charge < -0.3 is 9.47 Å². The van der Waals surface area contributed by atoms with Gasteiger partial charge in [0, 0.05) is 5.92 Å². The SMILES string of the molecule is CC(C)(Oc1cc(C(=O)Oc2ccccc2)ccc1F)C1CC2CCC1C2. The van der Waals surface area contributed by atoms with Crippen LogP contribution in [0.15, 0.2) is 48.5 Å². The van der Waals surface area contributed by atoms with Gasteiger partial charge in [-0.1, -0.05) is 24.6 Å². The summed E-state index contributed by atoms with van der Waals surface area (Å²) in [5.41, 5.74) is -0.193. The number of para-hydroxylation sites is 1. The van der Waals surface area contributed by atoms with Crippen LogP contribution in [0, 0.1) is 23.6 Å². The molecule has 0 heterocycles. The Morgan fingerprint density at radius 2 is 1.85 bits per heavy atom. The zero-order valence-corrected chi connectivity index (χ0v) is 15.8. The van der Waals surface area contributed by atoms with Crippen molar-refractivity contribution >= 4 is 5.97 Å². The summed E-state index contributed by atoms with van der Waals surface area (Å²) in [4.78, 5) is 12.4. The molecule has 2 aliphatic rings. The lowest BCUT2D eigenvalue weighted by Crippen LogP contribution is -2.40. The molecule has 3 unspecified atom stereocenters. The second kappa shape index (κ2) is 6.99. The van der Waals surface area contributed by atoms with Gasteiger partial charge in [-0.05, 0) is 75.3 Å². The molecule has 0 amide bonds. The molecule has 2 saturated carbocycles. The Balaban J connectivity index is 1.51. The van der Waals surface area contributed by atoms with Gasteiger partial charge in [-0.2, -0.15) is 0 Å². The number of benzene rings is 2. The van der Waals surface area contributed by atoms with Crippen LogP contribution < -0.4 is 9.47 Å². The van der Waals surface area contributed by atoms with Crippen molar-refractivity contribution in [2.75, 3.05) is 0 Å². The lowest BCUT2D eigenvalue weighted by atomic mass is 9.78. The summed E-state index contributed by atoms with van der Waals surface area (Å²) in [5, 5.41) is 0. The Bertz CT molecular complexity index is 831. The van der Waals surface area contributed by atoms with Gasteiger partial charge in [-0.25, -0.2) is 9.18 Å². The zero-order valence-electron chi connectivity index (χ0n) is 15.8. The first kappa shape index (κ1) is 18.0. The maximum atomic E-state index is 14.4. The molecule has 2 bridgehead atoms. The van der Waals surface area contributed by atoms with E-state index in [0.29, 0.717) is 17.6 Å². The molecular weight excluding hydrogens is 343 g/mol. The molecule has 0 aliphatic heterocycles. The van der Waals surface area contributed by atoms with Gasteiger partial charge in [-0.15, -0.1) is 0 Å². The number of rotatable bonds is 5. The Labute approximate surface area is 159 Å². The number of hydrogen-bond acceptors (Lipinski definition) is 3. The number of hydrogen-bond donors (Lipinski definition) is 0. The van der Waals surface area contributed by atoms with E-state index < -0.39 is 17.4 Å². The monoisotopic (exact) mass is 368 g/mol. The van der Waals surface area contributed by atoms with Crippen LogP contribution in [0.5, 0.6) is 11.5 Å². The molecule has 2 aromatic carbocycles. The van der Waals surface area contributed by atoms with Gasteiger partial charge in [0.05, 0.1) is 5.56 Å². The fourth-order valence-corrected chi connectivity index (χ4v) is 4.82. The first-order chi connectivity index (χ1) is 12.9. The molecule has 0 N–H and O–H groups in total. The lowest BCUT2D eigenvalue weighted by Gasteiger charge is -2.37. The van der Waals surface area contributed by atoms with Crippen molar-refractivity contribution in [3.63, 3.8) is 0 Å². The molecule has 2 aliphatic carbocycles. The van der Waals surface area contributed by atoms with Crippen molar-refractivity contribution in [2.45, 2.75) is 45.1 Å². The number of esters is 1. The van der Waals surface area contributed by atoms with Crippen LogP contribution in [0.25, 0.3) is 0 Å². The fourth-order valence-electron chi connectivity index (χ4n) is 4.82. The highest BCUT2D eigenvalue weighted by Gasteiger charge is 2.47. The van der Waals surface area contributed by atoms with Gasteiger partial charge in [0.2, 0.25) is 0 Å². The van der Waals surface area contributed by atoms with Gasteiger partial charge in [-0.3, -0.25) is 0 Å². The van der Waals surface area contributed by atoms with Crippen LogP contribution >= 0.6 is 0 Å². The van der Waals surface area contributed by atoms with E-state index in [2.05, 4.69) is 0 Å². The fraction of sp³-hybridized carbons (Fsp3) is 0.435. The third-order valence-corrected chi connectivity index (χ3v) is 6.12. The molecule has 3 nitrogen and oxygen atoms in total. The summed E-state index contributed by atoms with van der Waals surface area (Å²) in [7, 11) is 0. The smallest absolute Gasteiger partial charge is 0.343 e. The Morgan fingerprint density at radius 3 is 2.52 bits per heavy atom. The van der Waals surface area contributed by atoms with Crippen molar-refractivity contribution in [1.82, 2.24) is 0 Å². The topological polar surface area (TPSA) is 35.5 Å².